The summed E-state index contributed by atoms with van der Waals surface area (Å²) in [4.78, 5) is 11.7. The average Bonchev–Trinajstić information content (AvgIpc) is 3.03. The zero-order valence-corrected chi connectivity index (χ0v) is 15.8. The Hall–Kier alpha value is -1.62. The van der Waals surface area contributed by atoms with Crippen LogP contribution in [0.1, 0.15) is 56.0 Å². The van der Waals surface area contributed by atoms with Crippen LogP contribution in [0.3, 0.4) is 0 Å². The molecule has 0 amide bonds. The molecule has 138 valence electrons. The quantitative estimate of drug-likeness (QED) is 0.453. The summed E-state index contributed by atoms with van der Waals surface area (Å²) in [5.41, 5.74) is 2.40. The number of benzene rings is 1. The van der Waals surface area contributed by atoms with Gasteiger partial charge in [-0.2, -0.15) is 0 Å². The van der Waals surface area contributed by atoms with Gasteiger partial charge in [-0.3, -0.25) is 9.05 Å². The minimum absolute atomic E-state index is 0.244. The second kappa shape index (κ2) is 9.18. The molecule has 2 rings (SSSR count). The van der Waals surface area contributed by atoms with Gasteiger partial charge in [0, 0.05) is 6.42 Å². The first-order valence-electron chi connectivity index (χ1n) is 8.61. The average molecular weight is 368 g/mol. The summed E-state index contributed by atoms with van der Waals surface area (Å²) in [6.45, 7) is 6.09. The Morgan fingerprint density at radius 3 is 2.20 bits per heavy atom. The highest BCUT2D eigenvalue weighted by Gasteiger charge is 2.31. The van der Waals surface area contributed by atoms with Crippen molar-refractivity contribution in [3.63, 3.8) is 0 Å². The minimum Gasteiger partial charge on any atom is -0.462 e. The van der Waals surface area contributed by atoms with E-state index in [1.807, 2.05) is 12.1 Å². The summed E-state index contributed by atoms with van der Waals surface area (Å²) in [6, 6.07) is 7.15. The molecule has 1 aliphatic rings. The molecule has 0 unspecified atom stereocenters. The summed E-state index contributed by atoms with van der Waals surface area (Å²) in [5, 5.41) is 0. The van der Waals surface area contributed by atoms with Crippen LogP contribution in [0.4, 0.5) is 0 Å². The van der Waals surface area contributed by atoms with Crippen molar-refractivity contribution < 1.29 is 27.7 Å². The van der Waals surface area contributed by atoms with E-state index >= 15 is 0 Å². The Morgan fingerprint density at radius 1 is 1.00 bits per heavy atom. The van der Waals surface area contributed by atoms with Crippen LogP contribution in [0.25, 0.3) is 5.57 Å². The number of phosphoric ester groups is 1. The van der Waals surface area contributed by atoms with Crippen molar-refractivity contribution >= 4 is 19.4 Å². The predicted molar refractivity (Wildman–Crippen MR) is 95.1 cm³/mol. The lowest BCUT2D eigenvalue weighted by molar-refractivity contribution is 0.0526. The van der Waals surface area contributed by atoms with Crippen molar-refractivity contribution in [2.45, 2.75) is 40.0 Å². The summed E-state index contributed by atoms with van der Waals surface area (Å²) in [7, 11) is -3.59. The van der Waals surface area contributed by atoms with E-state index in [-0.39, 0.29) is 19.2 Å². The van der Waals surface area contributed by atoms with Crippen molar-refractivity contribution in [2.75, 3.05) is 19.8 Å². The number of esters is 1. The zero-order chi connectivity index (χ0) is 18.3. The number of carbonyl (C=O) groups is 1. The first-order valence-corrected chi connectivity index (χ1v) is 10.1. The Balaban J connectivity index is 2.22. The fourth-order valence-electron chi connectivity index (χ4n) is 2.69. The molecule has 1 aromatic rings. The molecular formula is C18H25O6P. The van der Waals surface area contributed by atoms with Crippen LogP contribution in [0.2, 0.25) is 0 Å². The van der Waals surface area contributed by atoms with Crippen molar-refractivity contribution in [3.8, 4) is 0 Å². The maximum Gasteiger partial charge on any atom is 0.529 e. The van der Waals surface area contributed by atoms with Crippen LogP contribution in [0.15, 0.2) is 30.0 Å². The lowest BCUT2D eigenvalue weighted by Gasteiger charge is -2.19. The third kappa shape index (κ3) is 5.18. The van der Waals surface area contributed by atoms with Gasteiger partial charge < -0.3 is 9.26 Å². The van der Waals surface area contributed by atoms with Crippen LogP contribution in [-0.4, -0.2) is 25.8 Å². The number of phosphoric acid groups is 1. The van der Waals surface area contributed by atoms with Gasteiger partial charge in [0.2, 0.25) is 0 Å². The smallest absolute Gasteiger partial charge is 0.462 e. The van der Waals surface area contributed by atoms with Crippen molar-refractivity contribution in [1.29, 1.82) is 0 Å². The lowest BCUT2D eigenvalue weighted by Crippen LogP contribution is -2.04. The molecule has 0 atom stereocenters. The number of hydrogen-bond donors (Lipinski definition) is 0. The summed E-state index contributed by atoms with van der Waals surface area (Å²) < 4.78 is 33.7. The van der Waals surface area contributed by atoms with Crippen LogP contribution < -0.4 is 0 Å². The zero-order valence-electron chi connectivity index (χ0n) is 14.9. The Bertz CT molecular complexity index is 655. The molecule has 0 fully saturated rings. The van der Waals surface area contributed by atoms with E-state index in [1.54, 1.807) is 32.9 Å². The molecule has 0 N–H and O–H groups in total. The number of ether oxygens (including phenoxy) is 1. The van der Waals surface area contributed by atoms with Gasteiger partial charge in [-0.05, 0) is 56.9 Å². The van der Waals surface area contributed by atoms with Crippen LogP contribution in [0.5, 0.6) is 0 Å². The summed E-state index contributed by atoms with van der Waals surface area (Å²) in [5.74, 6) is 0.289. The molecule has 0 aromatic heterocycles. The van der Waals surface area contributed by atoms with E-state index < -0.39 is 7.82 Å². The second-order valence-corrected chi connectivity index (χ2v) is 7.02. The maximum absolute atomic E-state index is 12.6. The highest BCUT2D eigenvalue weighted by atomic mass is 31.2. The van der Waals surface area contributed by atoms with Gasteiger partial charge >= 0.3 is 13.8 Å². The third-order valence-corrected chi connectivity index (χ3v) is 5.30. The Labute approximate surface area is 148 Å². The molecule has 0 spiro atoms. The fourth-order valence-corrected chi connectivity index (χ4v) is 3.97. The second-order valence-electron chi connectivity index (χ2n) is 5.43. The van der Waals surface area contributed by atoms with E-state index in [0.29, 0.717) is 24.4 Å². The summed E-state index contributed by atoms with van der Waals surface area (Å²) >= 11 is 0. The highest BCUT2D eigenvalue weighted by Crippen LogP contribution is 2.54. The maximum atomic E-state index is 12.6. The number of allylic oxidation sites excluding steroid dienone is 2. The van der Waals surface area contributed by atoms with E-state index in [4.69, 9.17) is 18.3 Å². The molecule has 6 nitrogen and oxygen atoms in total. The number of hydrogen-bond acceptors (Lipinski definition) is 6. The van der Waals surface area contributed by atoms with Gasteiger partial charge in [-0.1, -0.05) is 12.1 Å². The van der Waals surface area contributed by atoms with Gasteiger partial charge in [0.15, 0.2) is 0 Å². The van der Waals surface area contributed by atoms with Crippen molar-refractivity contribution in [3.05, 3.63) is 41.2 Å². The molecule has 0 radical (unpaired) electrons. The van der Waals surface area contributed by atoms with Crippen molar-refractivity contribution in [2.24, 2.45) is 0 Å². The van der Waals surface area contributed by atoms with Gasteiger partial charge in [0.05, 0.1) is 25.4 Å². The standard InChI is InChI=1S/C18H25O6P/c1-4-21-18(19)15-12-10-14(11-13-15)16-8-7-9-17(16)24-25(20,22-5-2)23-6-3/h10-13H,4-9H2,1-3H3. The molecule has 0 saturated heterocycles. The molecule has 1 aliphatic carbocycles. The SMILES string of the molecule is CCOC(=O)c1ccc(C2=C(OP(=O)(OCC)OCC)CCC2)cc1. The van der Waals surface area contributed by atoms with E-state index in [9.17, 15) is 9.36 Å². The van der Waals surface area contributed by atoms with Crippen LogP contribution in [-0.2, 0) is 22.9 Å². The van der Waals surface area contributed by atoms with E-state index in [2.05, 4.69) is 0 Å². The molecule has 7 heteroatoms. The van der Waals surface area contributed by atoms with E-state index in [0.717, 1.165) is 24.0 Å². The van der Waals surface area contributed by atoms with Gasteiger partial charge in [-0.25, -0.2) is 9.36 Å². The van der Waals surface area contributed by atoms with Gasteiger partial charge in [0.25, 0.3) is 0 Å². The minimum atomic E-state index is -3.59. The first kappa shape index (κ1) is 19.7. The molecule has 25 heavy (non-hydrogen) atoms. The lowest BCUT2D eigenvalue weighted by atomic mass is 10.0. The largest absolute Gasteiger partial charge is 0.529 e. The molecule has 0 bridgehead atoms. The number of rotatable bonds is 9. The molecular weight excluding hydrogens is 343 g/mol. The topological polar surface area (TPSA) is 71.1 Å². The fraction of sp³-hybridized carbons (Fsp3) is 0.500. The normalized spacial score (nSPS) is 14.7. The van der Waals surface area contributed by atoms with Crippen molar-refractivity contribution in [1.82, 2.24) is 0 Å². The van der Waals surface area contributed by atoms with E-state index in [1.165, 1.54) is 0 Å². The van der Waals surface area contributed by atoms with Crippen LogP contribution >= 0.6 is 7.82 Å². The van der Waals surface area contributed by atoms with Crippen LogP contribution in [0, 0.1) is 0 Å². The predicted octanol–water partition coefficient (Wildman–Crippen LogP) is 4.96. The first-order chi connectivity index (χ1) is 12.0. The van der Waals surface area contributed by atoms with Gasteiger partial charge in [-0.15, -0.1) is 0 Å². The molecule has 0 aliphatic heterocycles. The Kier molecular flexibility index (Phi) is 7.24. The number of carbonyl (C=O) groups excluding carboxylic acids is 1. The molecule has 0 heterocycles. The highest BCUT2D eigenvalue weighted by molar-refractivity contribution is 7.48. The monoisotopic (exact) mass is 368 g/mol. The molecule has 1 aromatic carbocycles. The molecule has 0 saturated carbocycles. The van der Waals surface area contributed by atoms with Gasteiger partial charge in [0.1, 0.15) is 5.76 Å². The summed E-state index contributed by atoms with van der Waals surface area (Å²) in [6.07, 6.45) is 2.40. The Morgan fingerprint density at radius 2 is 1.64 bits per heavy atom. The third-order valence-electron chi connectivity index (χ3n) is 3.71.